The van der Waals surface area contributed by atoms with Gasteiger partial charge in [-0.05, 0) is 19.4 Å². The van der Waals surface area contributed by atoms with Crippen molar-refractivity contribution in [2.75, 3.05) is 19.6 Å². The number of hydrogen-bond acceptors (Lipinski definition) is 2. The molecule has 2 N–H and O–H groups in total. The Bertz CT molecular complexity index is 286. The molecule has 1 rings (SSSR count). The van der Waals surface area contributed by atoms with Crippen molar-refractivity contribution >= 4 is 5.91 Å². The van der Waals surface area contributed by atoms with Crippen molar-refractivity contribution in [1.82, 2.24) is 4.90 Å². The van der Waals surface area contributed by atoms with Crippen LogP contribution < -0.4 is 5.73 Å². The number of carbonyl (C=O) groups is 1. The number of alkyl halides is 3. The van der Waals surface area contributed by atoms with E-state index >= 15 is 0 Å². The predicted molar refractivity (Wildman–Crippen MR) is 53.6 cm³/mol. The lowest BCUT2D eigenvalue weighted by Gasteiger charge is -2.27. The number of nitrogens with zero attached hydrogens (tertiary/aromatic N) is 1. The van der Waals surface area contributed by atoms with Crippen LogP contribution in [0, 0.1) is 0 Å². The minimum absolute atomic E-state index is 0.0538. The van der Waals surface area contributed by atoms with Crippen molar-refractivity contribution in [3.05, 3.63) is 11.6 Å². The Hall–Kier alpha value is -1.04. The van der Waals surface area contributed by atoms with E-state index < -0.39 is 11.7 Å². The maximum absolute atomic E-state index is 12.3. The van der Waals surface area contributed by atoms with Crippen molar-refractivity contribution in [3.8, 4) is 0 Å². The van der Waals surface area contributed by atoms with Gasteiger partial charge >= 0.3 is 6.18 Å². The van der Waals surface area contributed by atoms with Crippen LogP contribution in [0.5, 0.6) is 0 Å². The van der Waals surface area contributed by atoms with Gasteiger partial charge in [0, 0.05) is 25.1 Å². The van der Waals surface area contributed by atoms with E-state index in [9.17, 15) is 18.0 Å². The molecule has 1 amide bonds. The van der Waals surface area contributed by atoms with Gasteiger partial charge in [0.15, 0.2) is 0 Å². The topological polar surface area (TPSA) is 46.3 Å². The highest BCUT2D eigenvalue weighted by molar-refractivity contribution is 5.76. The van der Waals surface area contributed by atoms with Gasteiger partial charge in [-0.3, -0.25) is 4.79 Å². The van der Waals surface area contributed by atoms with Crippen LogP contribution in [0.2, 0.25) is 0 Å². The third kappa shape index (κ3) is 3.52. The smallest absolute Gasteiger partial charge is 0.339 e. The molecule has 0 unspecified atom stereocenters. The molecule has 0 aromatic rings. The monoisotopic (exact) mass is 236 g/mol. The summed E-state index contributed by atoms with van der Waals surface area (Å²) in [5.41, 5.74) is 4.72. The molecule has 0 aromatic heterocycles. The summed E-state index contributed by atoms with van der Waals surface area (Å²) in [6, 6.07) is 0. The molecule has 1 aliphatic heterocycles. The Morgan fingerprint density at radius 3 is 2.62 bits per heavy atom. The lowest BCUT2D eigenvalue weighted by Crippen LogP contribution is -2.36. The Morgan fingerprint density at radius 2 is 2.19 bits per heavy atom. The van der Waals surface area contributed by atoms with E-state index in [1.165, 1.54) is 4.90 Å². The molecular formula is C10H15F3N2O. The summed E-state index contributed by atoms with van der Waals surface area (Å²) >= 11 is 0. The number of amides is 1. The zero-order chi connectivity index (χ0) is 12.2. The largest absolute Gasteiger partial charge is 0.412 e. The lowest BCUT2D eigenvalue weighted by molar-refractivity contribution is -0.132. The van der Waals surface area contributed by atoms with Crippen LogP contribution >= 0.6 is 0 Å². The van der Waals surface area contributed by atoms with Crippen LogP contribution in [0.25, 0.3) is 0 Å². The number of nitrogens with two attached hydrogens (primary N) is 1. The van der Waals surface area contributed by atoms with E-state index in [1.807, 2.05) is 0 Å². The van der Waals surface area contributed by atoms with Gasteiger partial charge in [0.05, 0.1) is 0 Å². The van der Waals surface area contributed by atoms with Crippen molar-refractivity contribution < 1.29 is 18.0 Å². The fourth-order valence-corrected chi connectivity index (χ4v) is 1.56. The van der Waals surface area contributed by atoms with Crippen LogP contribution in [-0.2, 0) is 4.79 Å². The molecule has 0 saturated heterocycles. The van der Waals surface area contributed by atoms with E-state index in [4.69, 9.17) is 5.73 Å². The minimum Gasteiger partial charge on any atom is -0.339 e. The summed E-state index contributed by atoms with van der Waals surface area (Å²) in [5.74, 6) is -0.122. The molecule has 0 bridgehead atoms. The molecule has 0 aromatic carbocycles. The Kier molecular flexibility index (Phi) is 4.35. The second-order valence-electron chi connectivity index (χ2n) is 3.71. The summed E-state index contributed by atoms with van der Waals surface area (Å²) in [6.07, 6.45) is -2.40. The van der Waals surface area contributed by atoms with Crippen LogP contribution in [0.15, 0.2) is 11.6 Å². The molecule has 92 valence electrons. The molecule has 0 fully saturated rings. The van der Waals surface area contributed by atoms with Crippen LogP contribution in [0.4, 0.5) is 13.2 Å². The number of carbonyl (C=O) groups excluding carboxylic acids is 1. The highest BCUT2D eigenvalue weighted by atomic mass is 19.4. The molecule has 1 aliphatic rings. The fraction of sp³-hybridized carbons (Fsp3) is 0.700. The molecule has 0 atom stereocenters. The van der Waals surface area contributed by atoms with E-state index in [0.29, 0.717) is 19.4 Å². The average molecular weight is 236 g/mol. The lowest BCUT2D eigenvalue weighted by atomic mass is 10.1. The van der Waals surface area contributed by atoms with E-state index in [-0.39, 0.29) is 25.4 Å². The summed E-state index contributed by atoms with van der Waals surface area (Å²) in [6.45, 7) is 0.621. The van der Waals surface area contributed by atoms with Crippen molar-refractivity contribution in [3.63, 3.8) is 0 Å². The van der Waals surface area contributed by atoms with Gasteiger partial charge in [-0.15, -0.1) is 0 Å². The normalized spacial score (nSPS) is 17.2. The van der Waals surface area contributed by atoms with E-state index in [0.717, 1.165) is 6.08 Å². The number of hydrogen-bond donors (Lipinski definition) is 1. The fourth-order valence-electron chi connectivity index (χ4n) is 1.56. The van der Waals surface area contributed by atoms with Crippen LogP contribution in [-0.4, -0.2) is 36.6 Å². The first kappa shape index (κ1) is 13.0. The molecule has 0 saturated carbocycles. The Balaban J connectivity index is 2.48. The molecule has 0 radical (unpaired) electrons. The van der Waals surface area contributed by atoms with Gasteiger partial charge in [-0.25, -0.2) is 0 Å². The number of halogens is 3. The first-order valence-electron chi connectivity index (χ1n) is 5.19. The highest BCUT2D eigenvalue weighted by Crippen LogP contribution is 2.30. The first-order valence-corrected chi connectivity index (χ1v) is 5.19. The van der Waals surface area contributed by atoms with Gasteiger partial charge in [-0.1, -0.05) is 6.08 Å². The Morgan fingerprint density at radius 1 is 1.50 bits per heavy atom. The second-order valence-corrected chi connectivity index (χ2v) is 3.71. The van der Waals surface area contributed by atoms with Gasteiger partial charge in [-0.2, -0.15) is 13.2 Å². The zero-order valence-corrected chi connectivity index (χ0v) is 8.89. The zero-order valence-electron chi connectivity index (χ0n) is 8.89. The van der Waals surface area contributed by atoms with Crippen molar-refractivity contribution in [2.24, 2.45) is 5.73 Å². The standard InChI is InChI=1S/C10H15F3N2O/c11-10(12,13)8-3-6-15(7-4-8)9(16)2-1-5-14/h3H,1-2,4-7,14H2. The molecule has 6 heteroatoms. The van der Waals surface area contributed by atoms with Gasteiger partial charge in [0.1, 0.15) is 0 Å². The summed E-state index contributed by atoms with van der Waals surface area (Å²) in [4.78, 5) is 12.9. The van der Waals surface area contributed by atoms with Crippen LogP contribution in [0.1, 0.15) is 19.3 Å². The third-order valence-electron chi connectivity index (χ3n) is 2.52. The maximum atomic E-state index is 12.3. The molecule has 16 heavy (non-hydrogen) atoms. The van der Waals surface area contributed by atoms with Crippen LogP contribution in [0.3, 0.4) is 0 Å². The summed E-state index contributed by atoms with van der Waals surface area (Å²) in [5, 5.41) is 0. The molecule has 1 heterocycles. The van der Waals surface area contributed by atoms with E-state index in [2.05, 4.69) is 0 Å². The minimum atomic E-state index is -4.26. The van der Waals surface area contributed by atoms with Gasteiger partial charge < -0.3 is 10.6 Å². The quantitative estimate of drug-likeness (QED) is 0.754. The SMILES string of the molecule is NCCCC(=O)N1CC=C(C(F)(F)F)CC1. The molecule has 0 aliphatic carbocycles. The first-order chi connectivity index (χ1) is 7.45. The van der Waals surface area contributed by atoms with Crippen molar-refractivity contribution in [2.45, 2.75) is 25.4 Å². The maximum Gasteiger partial charge on any atom is 0.412 e. The third-order valence-corrected chi connectivity index (χ3v) is 2.52. The molecular weight excluding hydrogens is 221 g/mol. The molecule has 0 spiro atoms. The summed E-state index contributed by atoms with van der Waals surface area (Å²) in [7, 11) is 0. The average Bonchev–Trinajstić information content (AvgIpc) is 2.25. The number of rotatable bonds is 3. The molecule has 3 nitrogen and oxygen atoms in total. The van der Waals surface area contributed by atoms with E-state index in [1.54, 1.807) is 0 Å². The Labute approximate surface area is 92.1 Å². The predicted octanol–water partition coefficient (Wildman–Crippen LogP) is 1.45. The van der Waals surface area contributed by atoms with Gasteiger partial charge in [0.2, 0.25) is 5.91 Å². The summed E-state index contributed by atoms with van der Waals surface area (Å²) < 4.78 is 36.9. The van der Waals surface area contributed by atoms with Gasteiger partial charge in [0.25, 0.3) is 0 Å². The second kappa shape index (κ2) is 5.34. The highest BCUT2D eigenvalue weighted by Gasteiger charge is 2.35. The van der Waals surface area contributed by atoms with Crippen molar-refractivity contribution in [1.29, 1.82) is 0 Å².